The fourth-order valence-electron chi connectivity index (χ4n) is 4.38. The van der Waals surface area contributed by atoms with Gasteiger partial charge in [-0.3, -0.25) is 9.59 Å². The van der Waals surface area contributed by atoms with Crippen LogP contribution in [-0.4, -0.2) is 44.0 Å². The molecule has 0 radical (unpaired) electrons. The molecule has 0 aliphatic heterocycles. The Bertz CT molecular complexity index is 1420. The number of para-hydroxylation sites is 1. The molecule has 4 aromatic carbocycles. The number of ketones is 1. The van der Waals surface area contributed by atoms with Crippen molar-refractivity contribution >= 4 is 23.3 Å². The molecule has 0 aromatic heterocycles. The van der Waals surface area contributed by atoms with Gasteiger partial charge in [0.2, 0.25) is 5.91 Å². The van der Waals surface area contributed by atoms with E-state index in [0.717, 1.165) is 11.1 Å². The molecule has 0 saturated heterocycles. The third-order valence-electron chi connectivity index (χ3n) is 6.56. The number of ether oxygens (including phenoxy) is 2. The zero-order valence-corrected chi connectivity index (χ0v) is 23.0. The maximum absolute atomic E-state index is 13.1. The number of carbonyl (C=O) groups excluding carboxylic acids is 3. The quantitative estimate of drug-likeness (QED) is 0.127. The van der Waals surface area contributed by atoms with Crippen molar-refractivity contribution in [3.05, 3.63) is 131 Å². The predicted molar refractivity (Wildman–Crippen MR) is 159 cm³/mol. The summed E-state index contributed by atoms with van der Waals surface area (Å²) in [6.07, 6.45) is 1.47. The van der Waals surface area contributed by atoms with E-state index in [2.05, 4.69) is 10.6 Å². The van der Waals surface area contributed by atoms with Crippen LogP contribution in [0.1, 0.15) is 33.5 Å². The molecule has 2 N–H and O–H groups in total. The van der Waals surface area contributed by atoms with E-state index in [4.69, 9.17) is 9.47 Å². The van der Waals surface area contributed by atoms with Gasteiger partial charge in [0.05, 0.1) is 13.7 Å². The first kappa shape index (κ1) is 29.1. The maximum Gasteiger partial charge on any atom is 0.328 e. The molecule has 0 spiro atoms. The highest BCUT2D eigenvalue weighted by Gasteiger charge is 2.22. The van der Waals surface area contributed by atoms with E-state index in [9.17, 15) is 14.4 Å². The largest absolute Gasteiger partial charge is 0.492 e. The second-order valence-electron chi connectivity index (χ2n) is 9.49. The van der Waals surface area contributed by atoms with Crippen molar-refractivity contribution in [2.75, 3.05) is 25.6 Å². The van der Waals surface area contributed by atoms with Crippen molar-refractivity contribution in [2.24, 2.45) is 0 Å². The minimum absolute atomic E-state index is 0.0128. The Labute approximate surface area is 240 Å². The topological polar surface area (TPSA) is 93.7 Å². The second-order valence-corrected chi connectivity index (χ2v) is 9.49. The number of anilines is 1. The molecule has 0 heterocycles. The van der Waals surface area contributed by atoms with Crippen LogP contribution < -0.4 is 15.4 Å². The van der Waals surface area contributed by atoms with Crippen LogP contribution in [0.2, 0.25) is 0 Å². The zero-order valence-electron chi connectivity index (χ0n) is 23.0. The van der Waals surface area contributed by atoms with Crippen molar-refractivity contribution in [2.45, 2.75) is 25.3 Å². The van der Waals surface area contributed by atoms with Crippen LogP contribution in [0, 0.1) is 0 Å². The standard InChI is InChI=1S/C34H34N2O5/c1-40-34(39)31(36-30-15-9-8-14-29(30)33(38)27-12-6-3-7-13-27)24-26-16-19-28(20-17-26)41-23-22-35-32(37)21-18-25-10-4-2-5-11-25/h2-17,19-20,31,36H,18,21-24H2,1H3,(H,35,37). The normalized spacial score (nSPS) is 11.2. The summed E-state index contributed by atoms with van der Waals surface area (Å²) >= 11 is 0. The Kier molecular flexibility index (Phi) is 10.7. The van der Waals surface area contributed by atoms with E-state index in [0.29, 0.717) is 55.0 Å². The van der Waals surface area contributed by atoms with Gasteiger partial charge in [-0.1, -0.05) is 84.9 Å². The Morgan fingerprint density at radius 3 is 2.12 bits per heavy atom. The van der Waals surface area contributed by atoms with E-state index in [1.807, 2.05) is 78.9 Å². The van der Waals surface area contributed by atoms with Gasteiger partial charge in [-0.25, -0.2) is 4.79 Å². The Morgan fingerprint density at radius 1 is 0.756 bits per heavy atom. The van der Waals surface area contributed by atoms with Crippen LogP contribution in [0.3, 0.4) is 0 Å². The average Bonchev–Trinajstić information content (AvgIpc) is 3.03. The van der Waals surface area contributed by atoms with Crippen LogP contribution in [-0.2, 0) is 27.2 Å². The van der Waals surface area contributed by atoms with Crippen molar-refractivity contribution in [1.29, 1.82) is 0 Å². The molecule has 7 heteroatoms. The van der Waals surface area contributed by atoms with Crippen LogP contribution in [0.4, 0.5) is 5.69 Å². The molecule has 4 aromatic rings. The summed E-state index contributed by atoms with van der Waals surface area (Å²) in [5.41, 5.74) is 3.62. The first-order valence-electron chi connectivity index (χ1n) is 13.6. The third kappa shape index (κ3) is 8.80. The molecule has 0 bridgehead atoms. The first-order chi connectivity index (χ1) is 20.0. The highest BCUT2D eigenvalue weighted by atomic mass is 16.5. The Hall–Kier alpha value is -4.91. The molecule has 1 unspecified atom stereocenters. The van der Waals surface area contributed by atoms with E-state index in [-0.39, 0.29) is 11.7 Å². The number of hydrogen-bond acceptors (Lipinski definition) is 6. The van der Waals surface area contributed by atoms with Crippen molar-refractivity contribution < 1.29 is 23.9 Å². The average molecular weight is 551 g/mol. The molecule has 0 saturated carbocycles. The number of aryl methyl sites for hydroxylation is 1. The molecule has 1 amide bonds. The zero-order chi connectivity index (χ0) is 28.9. The lowest BCUT2D eigenvalue weighted by atomic mass is 10.00. The van der Waals surface area contributed by atoms with Gasteiger partial charge in [0.25, 0.3) is 0 Å². The molecule has 1 atom stereocenters. The fourth-order valence-corrected chi connectivity index (χ4v) is 4.38. The summed E-state index contributed by atoms with van der Waals surface area (Å²) in [5, 5.41) is 6.10. The number of esters is 1. The fraction of sp³-hybridized carbons (Fsp3) is 0.206. The van der Waals surface area contributed by atoms with Gasteiger partial charge in [-0.2, -0.15) is 0 Å². The van der Waals surface area contributed by atoms with Crippen LogP contribution >= 0.6 is 0 Å². The number of methoxy groups -OCH3 is 1. The molecular formula is C34H34N2O5. The molecule has 0 aliphatic rings. The number of nitrogens with one attached hydrogen (secondary N) is 2. The smallest absolute Gasteiger partial charge is 0.328 e. The van der Waals surface area contributed by atoms with E-state index in [1.165, 1.54) is 7.11 Å². The SMILES string of the molecule is COC(=O)C(Cc1ccc(OCCNC(=O)CCc2ccccc2)cc1)Nc1ccccc1C(=O)c1ccccc1. The van der Waals surface area contributed by atoms with Gasteiger partial charge in [-0.15, -0.1) is 0 Å². The van der Waals surface area contributed by atoms with Gasteiger partial charge >= 0.3 is 5.97 Å². The van der Waals surface area contributed by atoms with Crippen LogP contribution in [0.5, 0.6) is 5.75 Å². The molecular weight excluding hydrogens is 516 g/mol. The number of hydrogen-bond donors (Lipinski definition) is 2. The Morgan fingerprint density at radius 2 is 1.41 bits per heavy atom. The van der Waals surface area contributed by atoms with Crippen LogP contribution in [0.25, 0.3) is 0 Å². The maximum atomic E-state index is 13.1. The summed E-state index contributed by atoms with van der Waals surface area (Å²) < 4.78 is 10.8. The molecule has 41 heavy (non-hydrogen) atoms. The van der Waals surface area contributed by atoms with Gasteiger partial charge in [-0.05, 0) is 41.8 Å². The molecule has 4 rings (SSSR count). The van der Waals surface area contributed by atoms with E-state index >= 15 is 0 Å². The lowest BCUT2D eigenvalue weighted by Crippen LogP contribution is -2.33. The first-order valence-corrected chi connectivity index (χ1v) is 13.6. The minimum atomic E-state index is -0.706. The monoisotopic (exact) mass is 550 g/mol. The van der Waals surface area contributed by atoms with Crippen molar-refractivity contribution in [1.82, 2.24) is 5.32 Å². The number of amides is 1. The van der Waals surface area contributed by atoms with Crippen LogP contribution in [0.15, 0.2) is 109 Å². The summed E-state index contributed by atoms with van der Waals surface area (Å²) in [5.74, 6) is 0.0800. The molecule has 0 aliphatic carbocycles. The lowest BCUT2D eigenvalue weighted by Gasteiger charge is -2.20. The lowest BCUT2D eigenvalue weighted by molar-refractivity contribution is -0.141. The van der Waals surface area contributed by atoms with Gasteiger partial charge in [0, 0.05) is 29.7 Å². The van der Waals surface area contributed by atoms with Crippen molar-refractivity contribution in [3.8, 4) is 5.75 Å². The Balaban J connectivity index is 1.30. The predicted octanol–water partition coefficient (Wildman–Crippen LogP) is 5.24. The molecule has 7 nitrogen and oxygen atoms in total. The number of benzene rings is 4. The number of rotatable bonds is 14. The van der Waals surface area contributed by atoms with Gasteiger partial charge < -0.3 is 20.1 Å². The highest BCUT2D eigenvalue weighted by molar-refractivity contribution is 6.12. The summed E-state index contributed by atoms with van der Waals surface area (Å²) in [6.45, 7) is 0.750. The summed E-state index contributed by atoms with van der Waals surface area (Å²) in [7, 11) is 1.34. The second kappa shape index (κ2) is 15.0. The summed E-state index contributed by atoms with van der Waals surface area (Å²) in [4.78, 5) is 37.9. The molecule has 0 fully saturated rings. The van der Waals surface area contributed by atoms with E-state index < -0.39 is 12.0 Å². The van der Waals surface area contributed by atoms with Crippen molar-refractivity contribution in [3.63, 3.8) is 0 Å². The minimum Gasteiger partial charge on any atom is -0.492 e. The molecule has 210 valence electrons. The van der Waals surface area contributed by atoms with Gasteiger partial charge in [0.15, 0.2) is 5.78 Å². The number of carbonyl (C=O) groups is 3. The third-order valence-corrected chi connectivity index (χ3v) is 6.56. The van der Waals surface area contributed by atoms with Gasteiger partial charge in [0.1, 0.15) is 18.4 Å². The summed E-state index contributed by atoms with van der Waals surface area (Å²) in [6, 6.07) is 32.8. The van der Waals surface area contributed by atoms with E-state index in [1.54, 1.807) is 30.3 Å². The highest BCUT2D eigenvalue weighted by Crippen LogP contribution is 2.22.